The van der Waals surface area contributed by atoms with Crippen LogP contribution in [0.15, 0.2) is 66.7 Å². The summed E-state index contributed by atoms with van der Waals surface area (Å²) in [5.74, 6) is 1.41. The van der Waals surface area contributed by atoms with Crippen LogP contribution in [-0.4, -0.2) is 48.6 Å². The van der Waals surface area contributed by atoms with Crippen molar-refractivity contribution in [2.45, 2.75) is 25.3 Å². The summed E-state index contributed by atoms with van der Waals surface area (Å²) < 4.78 is 5.17. The molecular formula is C26H30N4O2. The molecule has 2 aromatic carbocycles. The summed E-state index contributed by atoms with van der Waals surface area (Å²) in [5.41, 5.74) is 10.0. The van der Waals surface area contributed by atoms with Gasteiger partial charge in [0.1, 0.15) is 11.6 Å². The van der Waals surface area contributed by atoms with Crippen molar-refractivity contribution in [1.82, 2.24) is 15.2 Å². The first kappa shape index (κ1) is 21.8. The molecule has 0 saturated carbocycles. The third-order valence-electron chi connectivity index (χ3n) is 5.90. The van der Waals surface area contributed by atoms with Gasteiger partial charge in [-0.15, -0.1) is 0 Å². The number of pyridine rings is 1. The molecule has 0 bridgehead atoms. The van der Waals surface area contributed by atoms with Gasteiger partial charge < -0.3 is 20.7 Å². The van der Waals surface area contributed by atoms with Gasteiger partial charge in [0, 0.05) is 31.2 Å². The Labute approximate surface area is 189 Å². The predicted molar refractivity (Wildman–Crippen MR) is 127 cm³/mol. The minimum atomic E-state index is 0.0766. The Morgan fingerprint density at radius 2 is 1.84 bits per heavy atom. The normalized spacial score (nSPS) is 16.1. The summed E-state index contributed by atoms with van der Waals surface area (Å²) in [4.78, 5) is 19.2. The molecule has 2 heterocycles. The van der Waals surface area contributed by atoms with E-state index in [1.54, 1.807) is 13.2 Å². The zero-order valence-electron chi connectivity index (χ0n) is 18.5. The lowest BCUT2D eigenvalue weighted by molar-refractivity contribution is -0.121. The molecule has 1 fully saturated rings. The summed E-state index contributed by atoms with van der Waals surface area (Å²) in [6.07, 6.45) is 2.38. The zero-order valence-corrected chi connectivity index (χ0v) is 18.5. The van der Waals surface area contributed by atoms with Crippen molar-refractivity contribution in [3.8, 4) is 17.0 Å². The summed E-state index contributed by atoms with van der Waals surface area (Å²) in [6, 6.07) is 22.1. The van der Waals surface area contributed by atoms with Crippen LogP contribution in [0.1, 0.15) is 17.5 Å². The van der Waals surface area contributed by atoms with Crippen molar-refractivity contribution >= 4 is 11.7 Å². The maximum atomic E-state index is 12.4. The first-order valence-electron chi connectivity index (χ1n) is 11.1. The van der Waals surface area contributed by atoms with Crippen LogP contribution < -0.4 is 15.8 Å². The van der Waals surface area contributed by atoms with Crippen molar-refractivity contribution in [2.75, 3.05) is 32.5 Å². The van der Waals surface area contributed by atoms with E-state index in [9.17, 15) is 4.79 Å². The van der Waals surface area contributed by atoms with Gasteiger partial charge in [0.15, 0.2) is 0 Å². The number of carbonyl (C=O) groups excluding carboxylic acids is 1. The number of nitrogens with one attached hydrogen (secondary N) is 1. The molecule has 4 rings (SSSR count). The van der Waals surface area contributed by atoms with E-state index >= 15 is 0 Å². The molecule has 1 atom stereocenters. The molecule has 3 N–H and O–H groups in total. The molecule has 1 unspecified atom stereocenters. The Morgan fingerprint density at radius 1 is 1.09 bits per heavy atom. The number of nitrogen functional groups attached to an aromatic ring is 1. The molecule has 0 spiro atoms. The monoisotopic (exact) mass is 430 g/mol. The van der Waals surface area contributed by atoms with E-state index < -0.39 is 0 Å². The number of carbonyl (C=O) groups is 1. The summed E-state index contributed by atoms with van der Waals surface area (Å²) >= 11 is 0. The number of hydrogen-bond donors (Lipinski definition) is 2. The van der Waals surface area contributed by atoms with Crippen LogP contribution in [0.25, 0.3) is 11.3 Å². The van der Waals surface area contributed by atoms with Crippen LogP contribution >= 0.6 is 0 Å². The van der Waals surface area contributed by atoms with Gasteiger partial charge in [-0.25, -0.2) is 4.98 Å². The number of amides is 1. The standard InChI is InChI=1S/C26H30N4O2/c1-32-23-11-7-20(8-12-23)17-26(31)28-22-14-16-30(18-22)15-13-19-5-9-21(10-6-19)24-3-2-4-25(27)29-24/h2-12,22H,13-18H2,1H3,(H2,27,29)(H,28,31). The van der Waals surface area contributed by atoms with Gasteiger partial charge >= 0.3 is 0 Å². The molecular weight excluding hydrogens is 400 g/mol. The number of aromatic nitrogens is 1. The molecule has 6 nitrogen and oxygen atoms in total. The van der Waals surface area contributed by atoms with E-state index in [0.29, 0.717) is 12.2 Å². The van der Waals surface area contributed by atoms with E-state index in [-0.39, 0.29) is 11.9 Å². The lowest BCUT2D eigenvalue weighted by Gasteiger charge is -2.17. The summed E-state index contributed by atoms with van der Waals surface area (Å²) in [5, 5.41) is 3.19. The first-order valence-corrected chi connectivity index (χ1v) is 11.1. The zero-order chi connectivity index (χ0) is 22.3. The van der Waals surface area contributed by atoms with Gasteiger partial charge in [-0.2, -0.15) is 0 Å². The molecule has 0 aliphatic carbocycles. The molecule has 1 amide bonds. The van der Waals surface area contributed by atoms with E-state index in [0.717, 1.165) is 55.0 Å². The highest BCUT2D eigenvalue weighted by molar-refractivity contribution is 5.79. The molecule has 6 heteroatoms. The van der Waals surface area contributed by atoms with Crippen LogP contribution in [0, 0.1) is 0 Å². The number of methoxy groups -OCH3 is 1. The van der Waals surface area contributed by atoms with Crippen LogP contribution in [0.4, 0.5) is 5.82 Å². The Kier molecular flexibility index (Phi) is 7.02. The third-order valence-corrected chi connectivity index (χ3v) is 5.90. The molecule has 1 saturated heterocycles. The maximum Gasteiger partial charge on any atom is 0.224 e. The van der Waals surface area contributed by atoms with Gasteiger partial charge in [-0.3, -0.25) is 4.79 Å². The van der Waals surface area contributed by atoms with Crippen LogP contribution in [-0.2, 0) is 17.6 Å². The van der Waals surface area contributed by atoms with Crippen molar-refractivity contribution in [2.24, 2.45) is 0 Å². The molecule has 166 valence electrons. The SMILES string of the molecule is COc1ccc(CC(=O)NC2CCN(CCc3ccc(-c4cccc(N)n4)cc3)C2)cc1. The Morgan fingerprint density at radius 3 is 2.56 bits per heavy atom. The van der Waals surface area contributed by atoms with Gasteiger partial charge in [0.25, 0.3) is 0 Å². The first-order chi connectivity index (χ1) is 15.6. The van der Waals surface area contributed by atoms with E-state index in [2.05, 4.69) is 39.5 Å². The van der Waals surface area contributed by atoms with Crippen molar-refractivity contribution in [3.63, 3.8) is 0 Å². The minimum Gasteiger partial charge on any atom is -0.497 e. The number of ether oxygens (including phenoxy) is 1. The highest BCUT2D eigenvalue weighted by Gasteiger charge is 2.23. The number of likely N-dealkylation sites (tertiary alicyclic amines) is 1. The highest BCUT2D eigenvalue weighted by Crippen LogP contribution is 2.19. The van der Waals surface area contributed by atoms with E-state index in [1.807, 2.05) is 36.4 Å². The van der Waals surface area contributed by atoms with Crippen molar-refractivity contribution in [1.29, 1.82) is 0 Å². The highest BCUT2D eigenvalue weighted by atomic mass is 16.5. The number of anilines is 1. The van der Waals surface area contributed by atoms with Gasteiger partial charge in [-0.1, -0.05) is 42.5 Å². The Hall–Kier alpha value is -3.38. The number of hydrogen-bond acceptors (Lipinski definition) is 5. The fourth-order valence-electron chi connectivity index (χ4n) is 4.10. The molecule has 1 aliphatic heterocycles. The largest absolute Gasteiger partial charge is 0.497 e. The predicted octanol–water partition coefficient (Wildman–Crippen LogP) is 3.32. The van der Waals surface area contributed by atoms with Crippen LogP contribution in [0.2, 0.25) is 0 Å². The van der Waals surface area contributed by atoms with Crippen LogP contribution in [0.3, 0.4) is 0 Å². The van der Waals surface area contributed by atoms with Crippen molar-refractivity contribution < 1.29 is 9.53 Å². The van der Waals surface area contributed by atoms with Gasteiger partial charge in [-0.05, 0) is 48.2 Å². The summed E-state index contributed by atoms with van der Waals surface area (Å²) in [7, 11) is 1.64. The Bertz CT molecular complexity index is 1030. The summed E-state index contributed by atoms with van der Waals surface area (Å²) in [6.45, 7) is 2.90. The molecule has 3 aromatic rings. The second-order valence-corrected chi connectivity index (χ2v) is 8.27. The fourth-order valence-corrected chi connectivity index (χ4v) is 4.10. The van der Waals surface area contributed by atoms with Gasteiger partial charge in [0.2, 0.25) is 5.91 Å². The smallest absolute Gasteiger partial charge is 0.224 e. The second kappa shape index (κ2) is 10.3. The lowest BCUT2D eigenvalue weighted by Crippen LogP contribution is -2.38. The molecule has 1 aromatic heterocycles. The topological polar surface area (TPSA) is 80.5 Å². The van der Waals surface area contributed by atoms with Gasteiger partial charge in [0.05, 0.1) is 19.2 Å². The quantitative estimate of drug-likeness (QED) is 0.573. The minimum absolute atomic E-state index is 0.0766. The molecule has 32 heavy (non-hydrogen) atoms. The number of nitrogens with two attached hydrogens (primary N) is 1. The van der Waals surface area contributed by atoms with E-state index in [1.165, 1.54) is 5.56 Å². The number of rotatable bonds is 8. The molecule has 1 aliphatic rings. The third kappa shape index (κ3) is 5.86. The average molecular weight is 431 g/mol. The molecule has 0 radical (unpaired) electrons. The fraction of sp³-hybridized carbons (Fsp3) is 0.308. The maximum absolute atomic E-state index is 12.4. The number of benzene rings is 2. The second-order valence-electron chi connectivity index (χ2n) is 8.27. The van der Waals surface area contributed by atoms with Crippen LogP contribution in [0.5, 0.6) is 5.75 Å². The van der Waals surface area contributed by atoms with E-state index in [4.69, 9.17) is 10.5 Å². The number of nitrogens with zero attached hydrogens (tertiary/aromatic N) is 2. The average Bonchev–Trinajstić information content (AvgIpc) is 3.25. The lowest BCUT2D eigenvalue weighted by atomic mass is 10.1. The Balaban J connectivity index is 1.21. The van der Waals surface area contributed by atoms with Crippen molar-refractivity contribution in [3.05, 3.63) is 77.9 Å².